The molecular formula is C10H8ClFO2. The van der Waals surface area contributed by atoms with Gasteiger partial charge in [0.05, 0.1) is 11.4 Å². The second-order valence-electron chi connectivity index (χ2n) is 2.67. The summed E-state index contributed by atoms with van der Waals surface area (Å²) in [6.07, 6.45) is 3.00. The highest BCUT2D eigenvalue weighted by Gasteiger charge is 1.98. The lowest BCUT2D eigenvalue weighted by Crippen LogP contribution is -1.89. The molecule has 0 bridgehead atoms. The molecule has 0 heterocycles. The molecule has 2 nitrogen and oxygen atoms in total. The van der Waals surface area contributed by atoms with Crippen molar-refractivity contribution in [1.29, 1.82) is 0 Å². The minimum atomic E-state index is -0.908. The summed E-state index contributed by atoms with van der Waals surface area (Å²) in [6.45, 7) is 0. The van der Waals surface area contributed by atoms with Crippen LogP contribution in [0.1, 0.15) is 12.0 Å². The third-order valence-corrected chi connectivity index (χ3v) is 1.84. The Morgan fingerprint density at radius 2 is 2.29 bits per heavy atom. The van der Waals surface area contributed by atoms with Crippen molar-refractivity contribution in [3.05, 3.63) is 40.7 Å². The van der Waals surface area contributed by atoms with E-state index in [1.807, 2.05) is 0 Å². The predicted molar refractivity (Wildman–Crippen MR) is 52.7 cm³/mol. The van der Waals surface area contributed by atoms with Crippen molar-refractivity contribution >= 4 is 23.6 Å². The largest absolute Gasteiger partial charge is 0.481 e. The molecule has 0 saturated heterocycles. The molecule has 0 spiro atoms. The predicted octanol–water partition coefficient (Wildman–Crippen LogP) is 2.97. The molecule has 0 saturated carbocycles. The van der Waals surface area contributed by atoms with E-state index in [2.05, 4.69) is 0 Å². The van der Waals surface area contributed by atoms with Crippen molar-refractivity contribution in [2.75, 3.05) is 0 Å². The number of carboxylic acids is 1. The lowest BCUT2D eigenvalue weighted by molar-refractivity contribution is -0.135. The van der Waals surface area contributed by atoms with Crippen LogP contribution in [0.4, 0.5) is 4.39 Å². The summed E-state index contributed by atoms with van der Waals surface area (Å²) in [6, 6.07) is 4.21. The highest BCUT2D eigenvalue weighted by atomic mass is 35.5. The van der Waals surface area contributed by atoms with Gasteiger partial charge in [-0.2, -0.15) is 0 Å². The van der Waals surface area contributed by atoms with Crippen LogP contribution in [-0.2, 0) is 4.79 Å². The Morgan fingerprint density at radius 1 is 1.57 bits per heavy atom. The van der Waals surface area contributed by atoms with Crippen molar-refractivity contribution in [2.45, 2.75) is 6.42 Å². The minimum Gasteiger partial charge on any atom is -0.481 e. The van der Waals surface area contributed by atoms with E-state index in [0.29, 0.717) is 5.56 Å². The van der Waals surface area contributed by atoms with E-state index in [-0.39, 0.29) is 11.4 Å². The van der Waals surface area contributed by atoms with E-state index in [9.17, 15) is 9.18 Å². The van der Waals surface area contributed by atoms with Gasteiger partial charge >= 0.3 is 5.97 Å². The molecule has 14 heavy (non-hydrogen) atoms. The van der Waals surface area contributed by atoms with Crippen LogP contribution in [0.15, 0.2) is 24.3 Å². The van der Waals surface area contributed by atoms with Gasteiger partial charge in [0.25, 0.3) is 0 Å². The van der Waals surface area contributed by atoms with Crippen LogP contribution in [-0.4, -0.2) is 11.1 Å². The smallest absolute Gasteiger partial charge is 0.307 e. The molecule has 0 aliphatic rings. The Bertz CT molecular complexity index is 374. The van der Waals surface area contributed by atoms with Gasteiger partial charge in [-0.15, -0.1) is 0 Å². The Labute approximate surface area is 85.6 Å². The van der Waals surface area contributed by atoms with E-state index < -0.39 is 11.8 Å². The van der Waals surface area contributed by atoms with E-state index in [1.54, 1.807) is 6.08 Å². The van der Waals surface area contributed by atoms with Gasteiger partial charge in [0.1, 0.15) is 5.82 Å². The number of benzene rings is 1. The van der Waals surface area contributed by atoms with E-state index in [1.165, 1.54) is 24.3 Å². The van der Waals surface area contributed by atoms with Crippen molar-refractivity contribution in [3.8, 4) is 0 Å². The molecule has 0 unspecified atom stereocenters. The number of aliphatic carboxylic acids is 1. The normalized spacial score (nSPS) is 10.7. The first-order valence-electron chi connectivity index (χ1n) is 3.93. The lowest BCUT2D eigenvalue weighted by Gasteiger charge is -1.95. The van der Waals surface area contributed by atoms with Crippen molar-refractivity contribution in [3.63, 3.8) is 0 Å². The maximum atomic E-state index is 12.7. The summed E-state index contributed by atoms with van der Waals surface area (Å²) in [5.74, 6) is -1.39. The SMILES string of the molecule is O=C(O)CC=Cc1ccc(F)c(Cl)c1. The first kappa shape index (κ1) is 10.7. The molecule has 1 N–H and O–H groups in total. The highest BCUT2D eigenvalue weighted by molar-refractivity contribution is 6.30. The summed E-state index contributed by atoms with van der Waals surface area (Å²) in [5, 5.41) is 8.38. The molecule has 0 aliphatic carbocycles. The zero-order valence-electron chi connectivity index (χ0n) is 7.21. The van der Waals surface area contributed by atoms with Crippen LogP contribution in [0.25, 0.3) is 6.08 Å². The average Bonchev–Trinajstić information content (AvgIpc) is 2.10. The molecule has 0 atom stereocenters. The summed E-state index contributed by atoms with van der Waals surface area (Å²) in [4.78, 5) is 10.2. The summed E-state index contributed by atoms with van der Waals surface area (Å²) < 4.78 is 12.7. The monoisotopic (exact) mass is 214 g/mol. The molecule has 74 valence electrons. The van der Waals surface area contributed by atoms with Crippen LogP contribution < -0.4 is 0 Å². The number of halogens is 2. The van der Waals surface area contributed by atoms with E-state index in [4.69, 9.17) is 16.7 Å². The summed E-state index contributed by atoms with van der Waals surface area (Å²) in [5.41, 5.74) is 0.678. The third kappa shape index (κ3) is 3.18. The number of rotatable bonds is 3. The Balaban J connectivity index is 2.73. The van der Waals surface area contributed by atoms with Crippen LogP contribution in [0, 0.1) is 5.82 Å². The zero-order valence-corrected chi connectivity index (χ0v) is 7.96. The summed E-state index contributed by atoms with van der Waals surface area (Å²) in [7, 11) is 0. The number of hydrogen-bond acceptors (Lipinski definition) is 1. The molecule has 1 rings (SSSR count). The van der Waals surface area contributed by atoms with Crippen LogP contribution >= 0.6 is 11.6 Å². The first-order valence-corrected chi connectivity index (χ1v) is 4.31. The fourth-order valence-corrected chi connectivity index (χ4v) is 1.10. The fourth-order valence-electron chi connectivity index (χ4n) is 0.912. The second-order valence-corrected chi connectivity index (χ2v) is 3.08. The molecule has 0 radical (unpaired) electrons. The van der Waals surface area contributed by atoms with Gasteiger partial charge in [-0.3, -0.25) is 4.79 Å². The Kier molecular flexibility index (Phi) is 3.65. The average molecular weight is 215 g/mol. The molecular weight excluding hydrogens is 207 g/mol. The van der Waals surface area contributed by atoms with E-state index >= 15 is 0 Å². The quantitative estimate of drug-likeness (QED) is 0.840. The van der Waals surface area contributed by atoms with Gasteiger partial charge in [-0.05, 0) is 17.7 Å². The summed E-state index contributed by atoms with van der Waals surface area (Å²) >= 11 is 5.53. The Morgan fingerprint density at radius 3 is 2.86 bits per heavy atom. The van der Waals surface area contributed by atoms with Gasteiger partial charge in [0.2, 0.25) is 0 Å². The van der Waals surface area contributed by atoms with Gasteiger partial charge in [-0.25, -0.2) is 4.39 Å². The fraction of sp³-hybridized carbons (Fsp3) is 0.100. The molecule has 0 aliphatic heterocycles. The maximum absolute atomic E-state index is 12.7. The number of carbonyl (C=O) groups is 1. The topological polar surface area (TPSA) is 37.3 Å². The van der Waals surface area contributed by atoms with Crippen molar-refractivity contribution in [2.24, 2.45) is 0 Å². The maximum Gasteiger partial charge on any atom is 0.307 e. The molecule has 0 fully saturated rings. The highest BCUT2D eigenvalue weighted by Crippen LogP contribution is 2.16. The van der Waals surface area contributed by atoms with Crippen LogP contribution in [0.3, 0.4) is 0 Å². The van der Waals surface area contributed by atoms with Gasteiger partial charge in [-0.1, -0.05) is 29.8 Å². The van der Waals surface area contributed by atoms with Crippen LogP contribution in [0.2, 0.25) is 5.02 Å². The minimum absolute atomic E-state index is 0.0301. The first-order chi connectivity index (χ1) is 6.59. The van der Waals surface area contributed by atoms with Gasteiger partial charge in [0, 0.05) is 0 Å². The molecule has 1 aromatic carbocycles. The second kappa shape index (κ2) is 4.77. The number of carboxylic acid groups (broad SMARTS) is 1. The molecule has 0 aromatic heterocycles. The Hall–Kier alpha value is -1.35. The zero-order chi connectivity index (χ0) is 10.6. The standard InChI is InChI=1S/C10H8ClFO2/c11-8-6-7(4-5-9(8)12)2-1-3-10(13)14/h1-2,4-6H,3H2,(H,13,14). The molecule has 4 heteroatoms. The van der Waals surface area contributed by atoms with Crippen LogP contribution in [0.5, 0.6) is 0 Å². The van der Waals surface area contributed by atoms with Crippen molar-refractivity contribution < 1.29 is 14.3 Å². The lowest BCUT2D eigenvalue weighted by atomic mass is 10.2. The van der Waals surface area contributed by atoms with Gasteiger partial charge < -0.3 is 5.11 Å². The van der Waals surface area contributed by atoms with E-state index in [0.717, 1.165) is 0 Å². The molecule has 0 amide bonds. The van der Waals surface area contributed by atoms with Gasteiger partial charge in [0.15, 0.2) is 0 Å². The van der Waals surface area contributed by atoms with Crippen molar-refractivity contribution in [1.82, 2.24) is 0 Å². The third-order valence-electron chi connectivity index (χ3n) is 1.55. The molecule has 1 aromatic rings. The number of hydrogen-bond donors (Lipinski definition) is 1.